The van der Waals surface area contributed by atoms with Crippen LogP contribution in [0.5, 0.6) is 5.75 Å². The minimum absolute atomic E-state index is 0.0314. The number of rotatable bonds is 12. The van der Waals surface area contributed by atoms with Gasteiger partial charge in [0.2, 0.25) is 0 Å². The van der Waals surface area contributed by atoms with E-state index < -0.39 is 17.5 Å². The molecular formula is C57H62F3N7O3. The second kappa shape index (κ2) is 19.5. The van der Waals surface area contributed by atoms with Gasteiger partial charge in [-0.15, -0.1) is 0 Å². The monoisotopic (exact) mass is 949 g/mol. The van der Waals surface area contributed by atoms with Gasteiger partial charge in [0.15, 0.2) is 11.6 Å². The van der Waals surface area contributed by atoms with Crippen molar-refractivity contribution in [2.45, 2.75) is 57.5 Å². The van der Waals surface area contributed by atoms with E-state index in [0.717, 1.165) is 147 Å². The van der Waals surface area contributed by atoms with Gasteiger partial charge in [-0.3, -0.25) is 19.6 Å². The summed E-state index contributed by atoms with van der Waals surface area (Å²) in [4.78, 5) is 48.3. The van der Waals surface area contributed by atoms with Gasteiger partial charge in [0, 0.05) is 86.0 Å². The lowest BCUT2D eigenvalue weighted by molar-refractivity contribution is -0.138. The lowest BCUT2D eigenvalue weighted by Gasteiger charge is -2.36. The molecule has 13 heteroatoms. The van der Waals surface area contributed by atoms with Crippen LogP contribution in [-0.4, -0.2) is 109 Å². The molecule has 10 nitrogen and oxygen atoms in total. The molecule has 2 aliphatic carbocycles. The predicted molar refractivity (Wildman–Crippen MR) is 274 cm³/mol. The number of carbonyl (C=O) groups is 2. The van der Waals surface area contributed by atoms with Gasteiger partial charge < -0.3 is 29.7 Å². The molecule has 7 aromatic rings. The maximum atomic E-state index is 13.4. The summed E-state index contributed by atoms with van der Waals surface area (Å²) in [5.74, 6) is 1.09. The molecule has 0 atom stereocenters. The standard InChI is InChI=1S/C29H32N4O.C28H30F3N3O2/c1-32(2)18-19-10-13-33(14-11-19)28-24-16-22(21-5-7-26-23(15-21)9-12-30-26)6-8-27(24)31-17-25(28)29(34)20-3-4-20;1-33(2)16-17-9-11-34(12-10-17)26-21-13-19(20-6-8-25(35)23(14-20)28(29,30)31)5-7-24(21)32-15-22(26)27(36)18-3-4-18/h5-9,12,15-17,19-20,30H,3-4,10-11,13-14,18H2,1-2H3;5-8,13-15,17-18,35H,3-4,9-12,16H2,1-2H3. The third-order valence-corrected chi connectivity index (χ3v) is 14.7. The summed E-state index contributed by atoms with van der Waals surface area (Å²) in [6.45, 7) is 5.74. The van der Waals surface area contributed by atoms with E-state index in [1.54, 1.807) is 18.3 Å². The summed E-state index contributed by atoms with van der Waals surface area (Å²) in [7, 11) is 8.46. The van der Waals surface area contributed by atoms with Crippen molar-refractivity contribution in [1.82, 2.24) is 24.8 Å². The summed E-state index contributed by atoms with van der Waals surface area (Å²) in [6, 6.07) is 24.0. The van der Waals surface area contributed by atoms with Crippen molar-refractivity contribution in [2.24, 2.45) is 23.7 Å². The van der Waals surface area contributed by atoms with E-state index in [4.69, 9.17) is 4.98 Å². The van der Waals surface area contributed by atoms with Gasteiger partial charge in [0.1, 0.15) is 5.75 Å². The highest BCUT2D eigenvalue weighted by molar-refractivity contribution is 6.12. The SMILES string of the molecule is CN(C)CC1CCN(c2c(C(=O)C3CC3)cnc3ccc(-c4ccc(O)c(C(F)(F)F)c4)cc23)CC1.CN(C)CC1CCN(c2c(C(=O)C3CC3)cnc3ccc(-c4ccc5[nH]ccc5c4)cc23)CC1. The maximum Gasteiger partial charge on any atom is 0.419 e. The number of carbonyl (C=O) groups excluding carboxylic acids is 2. The Labute approximate surface area is 407 Å². The highest BCUT2D eigenvalue weighted by Crippen LogP contribution is 2.44. The fourth-order valence-corrected chi connectivity index (χ4v) is 10.8. The number of anilines is 2. The van der Waals surface area contributed by atoms with Gasteiger partial charge in [0.05, 0.1) is 39.1 Å². The summed E-state index contributed by atoms with van der Waals surface area (Å²) in [5.41, 5.74) is 8.38. The zero-order valence-electron chi connectivity index (χ0n) is 40.5. The smallest absolute Gasteiger partial charge is 0.419 e. The Balaban J connectivity index is 0.000000162. The molecule has 4 aliphatic rings. The van der Waals surface area contributed by atoms with Crippen LogP contribution in [-0.2, 0) is 6.18 Å². The molecule has 2 aliphatic heterocycles. The van der Waals surface area contributed by atoms with E-state index >= 15 is 0 Å². The number of nitrogens with one attached hydrogen (secondary N) is 1. The third kappa shape index (κ3) is 10.1. The lowest BCUT2D eigenvalue weighted by Crippen LogP contribution is -2.38. The van der Waals surface area contributed by atoms with Crippen LogP contribution in [0.25, 0.3) is 55.0 Å². The van der Waals surface area contributed by atoms with E-state index in [0.29, 0.717) is 34.0 Å². The van der Waals surface area contributed by atoms with Gasteiger partial charge in [-0.05, 0) is 174 Å². The maximum absolute atomic E-state index is 13.4. The molecule has 3 aromatic heterocycles. The number of phenols is 1. The molecular weight excluding hydrogens is 888 g/mol. The van der Waals surface area contributed by atoms with Gasteiger partial charge in [0.25, 0.3) is 0 Å². The number of pyridine rings is 2. The number of hydrogen-bond donors (Lipinski definition) is 2. The van der Waals surface area contributed by atoms with E-state index in [1.807, 2.05) is 18.5 Å². The molecule has 11 rings (SSSR count). The average molecular weight is 950 g/mol. The van der Waals surface area contributed by atoms with Crippen LogP contribution < -0.4 is 9.80 Å². The lowest BCUT2D eigenvalue weighted by atomic mass is 9.93. The second-order valence-corrected chi connectivity index (χ2v) is 20.7. The van der Waals surface area contributed by atoms with Crippen molar-refractivity contribution < 1.29 is 27.9 Å². The fourth-order valence-electron chi connectivity index (χ4n) is 10.8. The first-order valence-corrected chi connectivity index (χ1v) is 24.9. The molecule has 5 heterocycles. The van der Waals surface area contributed by atoms with Crippen LogP contribution in [0.3, 0.4) is 0 Å². The molecule has 0 amide bonds. The van der Waals surface area contributed by atoms with E-state index in [1.165, 1.54) is 17.0 Å². The van der Waals surface area contributed by atoms with Crippen LogP contribution in [0.15, 0.2) is 97.5 Å². The molecule has 4 aromatic carbocycles. The Morgan fingerprint density at radius 3 is 1.51 bits per heavy atom. The Morgan fingerprint density at radius 2 is 1.06 bits per heavy atom. The summed E-state index contributed by atoms with van der Waals surface area (Å²) in [5, 5.41) is 12.8. The zero-order chi connectivity index (χ0) is 48.8. The molecule has 0 radical (unpaired) electrons. The normalized spacial score (nSPS) is 17.2. The third-order valence-electron chi connectivity index (χ3n) is 14.7. The number of alkyl halides is 3. The number of hydrogen-bond acceptors (Lipinski definition) is 9. The summed E-state index contributed by atoms with van der Waals surface area (Å²) >= 11 is 0. The fraction of sp³-hybridized carbons (Fsp3) is 0.404. The van der Waals surface area contributed by atoms with Gasteiger partial charge in [-0.25, -0.2) is 0 Å². The van der Waals surface area contributed by atoms with Crippen molar-refractivity contribution in [3.05, 3.63) is 114 Å². The molecule has 0 spiro atoms. The summed E-state index contributed by atoms with van der Waals surface area (Å²) < 4.78 is 40.3. The van der Waals surface area contributed by atoms with Gasteiger partial charge in [-0.1, -0.05) is 24.3 Å². The number of phenolic OH excluding ortho intramolecular Hbond substituents is 1. The number of ketones is 2. The van der Waals surface area contributed by atoms with Crippen LogP contribution in [0.1, 0.15) is 77.6 Å². The molecule has 2 saturated heterocycles. The number of fused-ring (bicyclic) bond motifs is 3. The first kappa shape index (κ1) is 47.4. The molecule has 364 valence electrons. The topological polar surface area (TPSA) is 109 Å². The highest BCUT2D eigenvalue weighted by atomic mass is 19.4. The average Bonchev–Trinajstić information content (AvgIpc) is 4.30. The minimum atomic E-state index is -4.66. The number of H-pyrrole nitrogens is 1. The first-order chi connectivity index (χ1) is 33.7. The Morgan fingerprint density at radius 1 is 0.614 bits per heavy atom. The Bertz CT molecular complexity index is 3070. The number of aromatic hydroxyl groups is 1. The van der Waals surface area contributed by atoms with Crippen LogP contribution >= 0.6 is 0 Å². The minimum Gasteiger partial charge on any atom is -0.507 e. The zero-order valence-corrected chi connectivity index (χ0v) is 40.5. The quantitative estimate of drug-likeness (QED) is 0.116. The van der Waals surface area contributed by atoms with Crippen molar-refractivity contribution in [2.75, 3.05) is 77.3 Å². The molecule has 4 fully saturated rings. The molecule has 2 N–H and O–H groups in total. The Hall–Kier alpha value is -6.31. The van der Waals surface area contributed by atoms with E-state index in [9.17, 15) is 27.9 Å². The van der Waals surface area contributed by atoms with Crippen molar-refractivity contribution in [3.8, 4) is 28.0 Å². The molecule has 2 saturated carbocycles. The van der Waals surface area contributed by atoms with Gasteiger partial charge in [-0.2, -0.15) is 13.2 Å². The first-order valence-electron chi connectivity index (χ1n) is 24.9. The van der Waals surface area contributed by atoms with Crippen molar-refractivity contribution in [1.29, 1.82) is 0 Å². The predicted octanol–water partition coefficient (Wildman–Crippen LogP) is 11.8. The Kier molecular flexibility index (Phi) is 13.2. The number of Topliss-reactive ketones (excluding diaryl/α,β-unsaturated/α-hetero) is 2. The largest absolute Gasteiger partial charge is 0.507 e. The van der Waals surface area contributed by atoms with E-state index in [-0.39, 0.29) is 23.4 Å². The van der Waals surface area contributed by atoms with Crippen LogP contribution in [0, 0.1) is 23.7 Å². The molecule has 0 unspecified atom stereocenters. The number of nitrogens with zero attached hydrogens (tertiary/aromatic N) is 6. The number of aromatic amines is 1. The van der Waals surface area contributed by atoms with Crippen LogP contribution in [0.4, 0.5) is 24.5 Å². The van der Waals surface area contributed by atoms with E-state index in [2.05, 4.69) is 100 Å². The van der Waals surface area contributed by atoms with Gasteiger partial charge >= 0.3 is 6.18 Å². The number of aromatic nitrogens is 3. The number of benzene rings is 4. The second-order valence-electron chi connectivity index (χ2n) is 20.7. The highest BCUT2D eigenvalue weighted by Gasteiger charge is 2.37. The number of piperidine rings is 2. The molecule has 0 bridgehead atoms. The van der Waals surface area contributed by atoms with Crippen LogP contribution in [0.2, 0.25) is 0 Å². The molecule has 70 heavy (non-hydrogen) atoms. The number of halogens is 3. The summed E-state index contributed by atoms with van der Waals surface area (Å²) in [6.07, 6.45) is 8.95. The van der Waals surface area contributed by atoms with Crippen molar-refractivity contribution in [3.63, 3.8) is 0 Å². The van der Waals surface area contributed by atoms with Crippen molar-refractivity contribution >= 4 is 55.7 Å².